The molecule has 3 heteroatoms. The Labute approximate surface area is 71.8 Å². The maximum Gasteiger partial charge on any atom is 0.0492 e. The van der Waals surface area contributed by atoms with E-state index in [2.05, 4.69) is 21.2 Å². The Morgan fingerprint density at radius 2 is 2.50 bits per heavy atom. The fourth-order valence-electron chi connectivity index (χ4n) is 2.59. The van der Waals surface area contributed by atoms with Crippen molar-refractivity contribution in [3.8, 4) is 0 Å². The van der Waals surface area contributed by atoms with Gasteiger partial charge in [-0.3, -0.25) is 4.68 Å². The molecule has 2 aliphatic rings. The van der Waals surface area contributed by atoms with Gasteiger partial charge >= 0.3 is 0 Å². The van der Waals surface area contributed by atoms with Crippen LogP contribution in [0.25, 0.3) is 0 Å². The molecule has 12 heavy (non-hydrogen) atoms. The number of rotatable bonds is 0. The predicted octanol–water partition coefficient (Wildman–Crippen LogP) is 0.518. The van der Waals surface area contributed by atoms with Crippen LogP contribution in [0.4, 0.5) is 0 Å². The zero-order valence-corrected chi connectivity index (χ0v) is 7.08. The van der Waals surface area contributed by atoms with Crippen LogP contribution in [0.5, 0.6) is 0 Å². The van der Waals surface area contributed by atoms with Gasteiger partial charge in [-0.25, -0.2) is 0 Å². The van der Waals surface area contributed by atoms with Crippen LogP contribution in [0.15, 0.2) is 12.3 Å². The Kier molecular flexibility index (Phi) is 1.17. The van der Waals surface area contributed by atoms with E-state index in [1.54, 1.807) is 0 Å². The minimum Gasteiger partial charge on any atom is -0.316 e. The van der Waals surface area contributed by atoms with Crippen LogP contribution >= 0.6 is 0 Å². The minimum atomic E-state index is 0.441. The highest BCUT2D eigenvalue weighted by atomic mass is 15.3. The van der Waals surface area contributed by atoms with E-state index in [1.165, 1.54) is 25.1 Å². The normalized spacial score (nSPS) is 33.0. The zero-order chi connectivity index (χ0) is 8.02. The summed E-state index contributed by atoms with van der Waals surface area (Å²) in [6.45, 7) is 3.44. The Bertz CT molecular complexity index is 296. The lowest BCUT2D eigenvalue weighted by Crippen LogP contribution is -2.25. The Hall–Kier alpha value is -0.830. The van der Waals surface area contributed by atoms with Crippen LogP contribution in [-0.2, 0) is 12.0 Å². The molecule has 0 aliphatic carbocycles. The van der Waals surface area contributed by atoms with Gasteiger partial charge in [0.25, 0.3) is 0 Å². The molecule has 1 unspecified atom stereocenters. The molecule has 1 N–H and O–H groups in total. The number of hydrogen-bond donors (Lipinski definition) is 1. The lowest BCUT2D eigenvalue weighted by atomic mass is 9.83. The van der Waals surface area contributed by atoms with Crippen molar-refractivity contribution >= 4 is 0 Å². The Morgan fingerprint density at radius 3 is 3.33 bits per heavy atom. The summed E-state index contributed by atoms with van der Waals surface area (Å²) in [5.74, 6) is 0. The molecular formula is C9H13N3. The van der Waals surface area contributed by atoms with Crippen molar-refractivity contribution in [2.45, 2.75) is 24.8 Å². The molecule has 3 heterocycles. The molecule has 1 saturated heterocycles. The second kappa shape index (κ2) is 2.10. The first-order chi connectivity index (χ1) is 5.91. The third-order valence-electron chi connectivity index (χ3n) is 3.31. The molecule has 2 aliphatic heterocycles. The van der Waals surface area contributed by atoms with Gasteiger partial charge in [0.2, 0.25) is 0 Å². The van der Waals surface area contributed by atoms with Crippen LogP contribution in [0, 0.1) is 0 Å². The van der Waals surface area contributed by atoms with Crippen molar-refractivity contribution in [1.29, 1.82) is 0 Å². The molecule has 0 saturated carbocycles. The average molecular weight is 163 g/mol. The van der Waals surface area contributed by atoms with Crippen LogP contribution in [-0.4, -0.2) is 22.9 Å². The van der Waals surface area contributed by atoms with E-state index in [1.807, 2.05) is 6.20 Å². The molecule has 0 bridgehead atoms. The van der Waals surface area contributed by atoms with Gasteiger partial charge in [-0.1, -0.05) is 0 Å². The maximum absolute atomic E-state index is 4.30. The summed E-state index contributed by atoms with van der Waals surface area (Å²) in [7, 11) is 0. The summed E-state index contributed by atoms with van der Waals surface area (Å²) in [4.78, 5) is 0. The van der Waals surface area contributed by atoms with Gasteiger partial charge in [0.05, 0.1) is 0 Å². The average Bonchev–Trinajstić information content (AvgIpc) is 2.76. The second-order valence-electron chi connectivity index (χ2n) is 3.90. The fourth-order valence-corrected chi connectivity index (χ4v) is 2.59. The zero-order valence-electron chi connectivity index (χ0n) is 7.08. The molecule has 3 rings (SSSR count). The lowest BCUT2D eigenvalue weighted by Gasteiger charge is -2.19. The van der Waals surface area contributed by atoms with E-state index in [9.17, 15) is 0 Å². The molecule has 1 aromatic rings. The number of nitrogens with one attached hydrogen (secondary N) is 1. The minimum absolute atomic E-state index is 0.441. The van der Waals surface area contributed by atoms with Crippen molar-refractivity contribution in [1.82, 2.24) is 15.1 Å². The monoisotopic (exact) mass is 163 g/mol. The van der Waals surface area contributed by atoms with Crippen molar-refractivity contribution in [3.63, 3.8) is 0 Å². The van der Waals surface area contributed by atoms with Crippen molar-refractivity contribution < 1.29 is 0 Å². The number of aryl methyl sites for hydroxylation is 1. The second-order valence-corrected chi connectivity index (χ2v) is 3.90. The van der Waals surface area contributed by atoms with E-state index in [0.717, 1.165) is 13.1 Å². The summed E-state index contributed by atoms with van der Waals surface area (Å²) in [6.07, 6.45) is 4.50. The van der Waals surface area contributed by atoms with E-state index in [-0.39, 0.29) is 0 Å². The van der Waals surface area contributed by atoms with E-state index in [0.29, 0.717) is 5.41 Å². The highest BCUT2D eigenvalue weighted by Gasteiger charge is 2.41. The molecule has 3 nitrogen and oxygen atoms in total. The van der Waals surface area contributed by atoms with Gasteiger partial charge in [0.15, 0.2) is 0 Å². The SMILES string of the molecule is c1cc2n(n1)CCC21CCNC1. The number of aromatic nitrogens is 2. The van der Waals surface area contributed by atoms with Crippen LogP contribution in [0.2, 0.25) is 0 Å². The van der Waals surface area contributed by atoms with E-state index in [4.69, 9.17) is 0 Å². The number of hydrogen-bond acceptors (Lipinski definition) is 2. The molecular weight excluding hydrogens is 150 g/mol. The third-order valence-corrected chi connectivity index (χ3v) is 3.31. The highest BCUT2D eigenvalue weighted by Crippen LogP contribution is 2.38. The van der Waals surface area contributed by atoms with Gasteiger partial charge in [-0.2, -0.15) is 5.10 Å². The standard InChI is InChI=1S/C9H13N3/c1-4-11-12-6-3-9(8(1)12)2-5-10-7-9/h1,4,10H,2-3,5-7H2. The molecule has 0 aromatic carbocycles. The first-order valence-corrected chi connectivity index (χ1v) is 4.64. The van der Waals surface area contributed by atoms with Crippen molar-refractivity contribution in [2.75, 3.05) is 13.1 Å². The van der Waals surface area contributed by atoms with Crippen LogP contribution in [0.3, 0.4) is 0 Å². The molecule has 1 aromatic heterocycles. The summed E-state index contributed by atoms with van der Waals surface area (Å²) >= 11 is 0. The van der Waals surface area contributed by atoms with E-state index >= 15 is 0 Å². The van der Waals surface area contributed by atoms with Gasteiger partial charge < -0.3 is 5.32 Å². The van der Waals surface area contributed by atoms with Gasteiger partial charge in [-0.05, 0) is 25.5 Å². The quantitative estimate of drug-likeness (QED) is 0.604. The summed E-state index contributed by atoms with van der Waals surface area (Å²) < 4.78 is 2.16. The lowest BCUT2D eigenvalue weighted by molar-refractivity contribution is 0.467. The maximum atomic E-state index is 4.30. The van der Waals surface area contributed by atoms with E-state index < -0.39 is 0 Å². The smallest absolute Gasteiger partial charge is 0.0492 e. The molecule has 64 valence electrons. The summed E-state index contributed by atoms with van der Waals surface area (Å²) in [6, 6.07) is 2.18. The first kappa shape index (κ1) is 6.66. The largest absolute Gasteiger partial charge is 0.316 e. The molecule has 0 amide bonds. The van der Waals surface area contributed by atoms with Gasteiger partial charge in [-0.15, -0.1) is 0 Å². The first-order valence-electron chi connectivity index (χ1n) is 4.64. The predicted molar refractivity (Wildman–Crippen MR) is 46.0 cm³/mol. The summed E-state index contributed by atoms with van der Waals surface area (Å²) in [5.41, 5.74) is 1.89. The van der Waals surface area contributed by atoms with Crippen molar-refractivity contribution in [3.05, 3.63) is 18.0 Å². The molecule has 1 spiro atoms. The topological polar surface area (TPSA) is 29.9 Å². The van der Waals surface area contributed by atoms with Crippen LogP contribution < -0.4 is 5.32 Å². The Balaban J connectivity index is 2.09. The highest BCUT2D eigenvalue weighted by molar-refractivity contribution is 5.22. The third kappa shape index (κ3) is 0.672. The summed E-state index contributed by atoms with van der Waals surface area (Å²) in [5, 5.41) is 7.75. The van der Waals surface area contributed by atoms with Crippen molar-refractivity contribution in [2.24, 2.45) is 0 Å². The number of nitrogens with zero attached hydrogens (tertiary/aromatic N) is 2. The number of fused-ring (bicyclic) bond motifs is 2. The fraction of sp³-hybridized carbons (Fsp3) is 0.667. The Morgan fingerprint density at radius 1 is 1.50 bits per heavy atom. The van der Waals surface area contributed by atoms with Crippen LogP contribution in [0.1, 0.15) is 18.5 Å². The van der Waals surface area contributed by atoms with Gasteiger partial charge in [0, 0.05) is 30.4 Å². The molecule has 1 atom stereocenters. The molecule has 0 radical (unpaired) electrons. The van der Waals surface area contributed by atoms with Gasteiger partial charge in [0.1, 0.15) is 0 Å². The molecule has 1 fully saturated rings.